The summed E-state index contributed by atoms with van der Waals surface area (Å²) < 4.78 is 14.8. The maximum Gasteiger partial charge on any atom is 0.315 e. The Hall–Kier alpha value is -3.72. The van der Waals surface area contributed by atoms with Crippen LogP contribution in [0.4, 0.5) is 14.9 Å². The average Bonchev–Trinajstić information content (AvgIpc) is 3.35. The Labute approximate surface area is 175 Å². The van der Waals surface area contributed by atoms with Crippen molar-refractivity contribution >= 4 is 33.9 Å². The van der Waals surface area contributed by atoms with Gasteiger partial charge in [0.05, 0.1) is 12.2 Å². The quantitative estimate of drug-likeness (QED) is 0.443. The third-order valence-electron chi connectivity index (χ3n) is 4.33. The Bertz CT molecular complexity index is 1140. The molecule has 152 valence electrons. The van der Waals surface area contributed by atoms with Gasteiger partial charge in [-0.05, 0) is 29.8 Å². The lowest BCUT2D eigenvalue weighted by Gasteiger charge is -2.09. The van der Waals surface area contributed by atoms with Crippen LogP contribution in [0, 0.1) is 5.82 Å². The number of carbonyl (C=O) groups is 2. The van der Waals surface area contributed by atoms with Crippen LogP contribution in [0.5, 0.6) is 0 Å². The molecule has 30 heavy (non-hydrogen) atoms. The number of carbonyl (C=O) groups excluding carboxylic acids is 2. The lowest BCUT2D eigenvalue weighted by Crippen LogP contribution is -2.39. The molecule has 0 saturated carbocycles. The SMILES string of the molecule is O=C(CNC(=O)NCc1ccc(F)cc1)Nc1ccc(-c2cn3ccsc3n2)cc1. The van der Waals surface area contributed by atoms with Gasteiger partial charge in [-0.25, -0.2) is 14.2 Å². The molecule has 0 aliphatic rings. The number of nitrogens with zero attached hydrogens (tertiary/aromatic N) is 2. The van der Waals surface area contributed by atoms with Gasteiger partial charge in [0, 0.05) is 35.6 Å². The fourth-order valence-corrected chi connectivity index (χ4v) is 3.50. The molecule has 4 aromatic rings. The molecule has 3 N–H and O–H groups in total. The molecule has 9 heteroatoms. The van der Waals surface area contributed by atoms with Crippen molar-refractivity contribution in [2.24, 2.45) is 0 Å². The number of hydrogen-bond acceptors (Lipinski definition) is 4. The molecule has 0 bridgehead atoms. The highest BCUT2D eigenvalue weighted by Crippen LogP contribution is 2.23. The van der Waals surface area contributed by atoms with Crippen LogP contribution >= 0.6 is 11.3 Å². The number of benzene rings is 2. The van der Waals surface area contributed by atoms with Crippen molar-refractivity contribution in [1.82, 2.24) is 20.0 Å². The molecule has 0 spiro atoms. The number of nitrogens with one attached hydrogen (secondary N) is 3. The number of fused-ring (bicyclic) bond motifs is 1. The second kappa shape index (κ2) is 8.75. The van der Waals surface area contributed by atoms with E-state index >= 15 is 0 Å². The Balaban J connectivity index is 1.24. The summed E-state index contributed by atoms with van der Waals surface area (Å²) in [5.41, 5.74) is 3.19. The average molecular weight is 423 g/mol. The molecule has 0 radical (unpaired) electrons. The van der Waals surface area contributed by atoms with Gasteiger partial charge < -0.3 is 16.0 Å². The zero-order chi connectivity index (χ0) is 20.9. The van der Waals surface area contributed by atoms with Crippen molar-refractivity contribution in [2.75, 3.05) is 11.9 Å². The van der Waals surface area contributed by atoms with E-state index < -0.39 is 6.03 Å². The fourth-order valence-electron chi connectivity index (χ4n) is 2.80. The summed E-state index contributed by atoms with van der Waals surface area (Å²) in [7, 11) is 0. The van der Waals surface area contributed by atoms with Gasteiger partial charge in [-0.2, -0.15) is 0 Å². The fraction of sp³-hybridized carbons (Fsp3) is 0.0952. The van der Waals surface area contributed by atoms with Crippen LogP contribution in [-0.4, -0.2) is 27.9 Å². The minimum Gasteiger partial charge on any atom is -0.334 e. The number of hydrogen-bond donors (Lipinski definition) is 3. The second-order valence-corrected chi connectivity index (χ2v) is 7.38. The molecule has 0 atom stereocenters. The molecule has 7 nitrogen and oxygen atoms in total. The summed E-state index contributed by atoms with van der Waals surface area (Å²) in [6, 6.07) is 12.7. The predicted octanol–water partition coefficient (Wildman–Crippen LogP) is 3.64. The van der Waals surface area contributed by atoms with Crippen LogP contribution in [0.2, 0.25) is 0 Å². The van der Waals surface area contributed by atoms with Crippen LogP contribution in [0.15, 0.2) is 66.3 Å². The highest BCUT2D eigenvalue weighted by molar-refractivity contribution is 7.15. The number of anilines is 1. The number of urea groups is 1. The first-order chi connectivity index (χ1) is 14.6. The van der Waals surface area contributed by atoms with Gasteiger partial charge in [-0.15, -0.1) is 11.3 Å². The van der Waals surface area contributed by atoms with E-state index in [9.17, 15) is 14.0 Å². The lowest BCUT2D eigenvalue weighted by molar-refractivity contribution is -0.115. The maximum absolute atomic E-state index is 12.9. The number of amides is 3. The molecular formula is C21H18FN5O2S. The number of rotatable bonds is 6. The minimum atomic E-state index is -0.482. The van der Waals surface area contributed by atoms with Crippen LogP contribution in [-0.2, 0) is 11.3 Å². The van der Waals surface area contributed by atoms with E-state index in [-0.39, 0.29) is 24.8 Å². The van der Waals surface area contributed by atoms with Crippen molar-refractivity contribution in [2.45, 2.75) is 6.54 Å². The Morgan fingerprint density at radius 2 is 1.80 bits per heavy atom. The molecule has 2 aromatic heterocycles. The number of halogens is 1. The van der Waals surface area contributed by atoms with E-state index in [1.165, 1.54) is 12.1 Å². The topological polar surface area (TPSA) is 87.5 Å². The Morgan fingerprint density at radius 1 is 1.03 bits per heavy atom. The number of imidazole rings is 1. The van der Waals surface area contributed by atoms with Gasteiger partial charge in [0.25, 0.3) is 0 Å². The third kappa shape index (κ3) is 4.81. The van der Waals surface area contributed by atoms with Crippen molar-refractivity contribution in [3.05, 3.63) is 77.7 Å². The largest absolute Gasteiger partial charge is 0.334 e. The first-order valence-electron chi connectivity index (χ1n) is 9.15. The van der Waals surface area contributed by atoms with E-state index in [0.29, 0.717) is 5.69 Å². The van der Waals surface area contributed by atoms with Gasteiger partial charge in [0.1, 0.15) is 5.82 Å². The summed E-state index contributed by atoms with van der Waals surface area (Å²) in [4.78, 5) is 29.3. The van der Waals surface area contributed by atoms with E-state index in [2.05, 4.69) is 20.9 Å². The normalized spacial score (nSPS) is 10.7. The van der Waals surface area contributed by atoms with Crippen molar-refractivity contribution < 1.29 is 14.0 Å². The Kier molecular flexibility index (Phi) is 5.71. The molecule has 2 aromatic carbocycles. The van der Waals surface area contributed by atoms with Gasteiger partial charge >= 0.3 is 6.03 Å². The molecular weight excluding hydrogens is 405 g/mol. The molecule has 0 aliphatic carbocycles. The van der Waals surface area contributed by atoms with Crippen molar-refractivity contribution in [1.29, 1.82) is 0 Å². The van der Waals surface area contributed by atoms with Crippen molar-refractivity contribution in [3.63, 3.8) is 0 Å². The molecule has 4 rings (SSSR count). The van der Waals surface area contributed by atoms with Gasteiger partial charge in [0.15, 0.2) is 4.96 Å². The molecule has 0 saturated heterocycles. The van der Waals surface area contributed by atoms with Gasteiger partial charge in [-0.1, -0.05) is 24.3 Å². The van der Waals surface area contributed by atoms with E-state index in [1.807, 2.05) is 34.3 Å². The third-order valence-corrected chi connectivity index (χ3v) is 5.10. The molecule has 0 aliphatic heterocycles. The number of thiazole rings is 1. The summed E-state index contributed by atoms with van der Waals surface area (Å²) >= 11 is 1.56. The van der Waals surface area contributed by atoms with E-state index in [4.69, 9.17) is 0 Å². The summed E-state index contributed by atoms with van der Waals surface area (Å²) in [5.74, 6) is -0.681. The molecule has 3 amide bonds. The summed E-state index contributed by atoms with van der Waals surface area (Å²) in [6.45, 7) is 0.0648. The van der Waals surface area contributed by atoms with Gasteiger partial charge in [0.2, 0.25) is 5.91 Å². The zero-order valence-corrected chi connectivity index (χ0v) is 16.6. The van der Waals surface area contributed by atoms with Gasteiger partial charge in [-0.3, -0.25) is 9.20 Å². The molecule has 0 unspecified atom stereocenters. The predicted molar refractivity (Wildman–Crippen MR) is 114 cm³/mol. The lowest BCUT2D eigenvalue weighted by atomic mass is 10.1. The van der Waals surface area contributed by atoms with Crippen LogP contribution in [0.3, 0.4) is 0 Å². The smallest absolute Gasteiger partial charge is 0.315 e. The standard InChI is InChI=1S/C21H18FN5O2S/c22-16-5-1-14(2-6-16)11-23-20(29)24-12-19(28)25-17-7-3-15(4-8-17)18-13-27-9-10-30-21(27)26-18/h1-10,13H,11-12H2,(H,25,28)(H2,23,24,29). The first kappa shape index (κ1) is 19.6. The summed E-state index contributed by atoms with van der Waals surface area (Å²) in [5, 5.41) is 9.80. The highest BCUT2D eigenvalue weighted by Gasteiger charge is 2.08. The first-order valence-corrected chi connectivity index (χ1v) is 10.0. The van der Waals surface area contributed by atoms with Crippen molar-refractivity contribution in [3.8, 4) is 11.3 Å². The number of aromatic nitrogens is 2. The maximum atomic E-state index is 12.9. The van der Waals surface area contributed by atoms with E-state index in [1.54, 1.807) is 35.6 Å². The highest BCUT2D eigenvalue weighted by atomic mass is 32.1. The summed E-state index contributed by atoms with van der Waals surface area (Å²) in [6.07, 6.45) is 3.90. The van der Waals surface area contributed by atoms with E-state index in [0.717, 1.165) is 21.8 Å². The van der Waals surface area contributed by atoms with Crippen LogP contribution < -0.4 is 16.0 Å². The van der Waals surface area contributed by atoms with Crippen LogP contribution in [0.1, 0.15) is 5.56 Å². The minimum absolute atomic E-state index is 0.172. The van der Waals surface area contributed by atoms with Crippen LogP contribution in [0.25, 0.3) is 16.2 Å². The zero-order valence-electron chi connectivity index (χ0n) is 15.8. The monoisotopic (exact) mass is 423 g/mol. The molecule has 0 fully saturated rings. The molecule has 2 heterocycles. The second-order valence-electron chi connectivity index (χ2n) is 6.51. The Morgan fingerprint density at radius 3 is 2.53 bits per heavy atom.